The number of pyridine rings is 1. The van der Waals surface area contributed by atoms with Crippen molar-refractivity contribution in [3.8, 4) is 0 Å². The number of nitrogens with zero attached hydrogens (tertiary/aromatic N) is 1. The largest absolute Gasteiger partial charge is 0.351 e. The van der Waals surface area contributed by atoms with Crippen molar-refractivity contribution in [1.82, 2.24) is 10.3 Å². The second kappa shape index (κ2) is 8.63. The van der Waals surface area contributed by atoms with E-state index in [0.29, 0.717) is 5.69 Å². The lowest BCUT2D eigenvalue weighted by molar-refractivity contribution is 0.0951. The van der Waals surface area contributed by atoms with E-state index in [4.69, 9.17) is 5.73 Å². The van der Waals surface area contributed by atoms with E-state index in [1.807, 2.05) is 0 Å². The molecule has 0 unspecified atom stereocenters. The van der Waals surface area contributed by atoms with Crippen LogP contribution in [0.4, 0.5) is 26.4 Å². The van der Waals surface area contributed by atoms with E-state index in [2.05, 4.69) is 20.9 Å². The first-order valence-electron chi connectivity index (χ1n) is 8.43. The second-order valence-corrected chi connectivity index (χ2v) is 5.87. The number of halogens is 1. The van der Waals surface area contributed by atoms with Gasteiger partial charge in [-0.1, -0.05) is 24.3 Å². The van der Waals surface area contributed by atoms with Gasteiger partial charge in [-0.05, 0) is 42.0 Å². The Hall–Kier alpha value is -3.94. The zero-order chi connectivity index (χ0) is 19.9. The van der Waals surface area contributed by atoms with E-state index in [1.165, 1.54) is 12.3 Å². The van der Waals surface area contributed by atoms with Crippen LogP contribution in [0.3, 0.4) is 0 Å². The number of nitrogens with two attached hydrogens (primary N) is 1. The van der Waals surface area contributed by atoms with Gasteiger partial charge in [-0.2, -0.15) is 0 Å². The molecule has 0 atom stereocenters. The minimum Gasteiger partial charge on any atom is -0.351 e. The molecule has 3 aromatic rings. The molecule has 0 aliphatic heterocycles. The lowest BCUT2D eigenvalue weighted by Gasteiger charge is -2.12. The first-order chi connectivity index (χ1) is 13.5. The second-order valence-electron chi connectivity index (χ2n) is 5.87. The topological polar surface area (TPSA) is 109 Å². The maximum absolute atomic E-state index is 13.9. The summed E-state index contributed by atoms with van der Waals surface area (Å²) in [5.74, 6) is -0.540. The Bertz CT molecular complexity index is 992. The van der Waals surface area contributed by atoms with E-state index in [0.717, 1.165) is 5.56 Å². The summed E-state index contributed by atoms with van der Waals surface area (Å²) < 4.78 is 13.9. The molecule has 28 heavy (non-hydrogen) atoms. The summed E-state index contributed by atoms with van der Waals surface area (Å²) >= 11 is 0. The number of urea groups is 1. The molecule has 0 radical (unpaired) electrons. The van der Waals surface area contributed by atoms with Crippen LogP contribution in [0.5, 0.6) is 0 Å². The number of amides is 3. The number of primary amides is 1. The molecule has 0 saturated carbocycles. The molecule has 0 saturated heterocycles. The third kappa shape index (κ3) is 4.82. The molecule has 142 valence electrons. The number of aromatic nitrogens is 1. The number of benzene rings is 2. The van der Waals surface area contributed by atoms with E-state index < -0.39 is 11.8 Å². The van der Waals surface area contributed by atoms with Crippen molar-refractivity contribution < 1.29 is 14.0 Å². The quantitative estimate of drug-likeness (QED) is 0.526. The third-order valence-electron chi connectivity index (χ3n) is 3.85. The fourth-order valence-electron chi connectivity index (χ4n) is 2.50. The molecule has 0 bridgehead atoms. The highest BCUT2D eigenvalue weighted by atomic mass is 19.1. The Labute approximate surface area is 160 Å². The summed E-state index contributed by atoms with van der Waals surface area (Å²) in [5.41, 5.74) is 6.97. The van der Waals surface area contributed by atoms with Crippen LogP contribution in [-0.2, 0) is 6.54 Å². The van der Waals surface area contributed by atoms with Crippen molar-refractivity contribution in [2.75, 3.05) is 10.6 Å². The molecule has 1 aromatic heterocycles. The van der Waals surface area contributed by atoms with E-state index >= 15 is 0 Å². The van der Waals surface area contributed by atoms with Crippen molar-refractivity contribution in [1.29, 1.82) is 0 Å². The van der Waals surface area contributed by atoms with Crippen LogP contribution in [0, 0.1) is 5.82 Å². The fourth-order valence-corrected chi connectivity index (χ4v) is 2.50. The molecule has 0 fully saturated rings. The van der Waals surface area contributed by atoms with Crippen LogP contribution in [0.25, 0.3) is 0 Å². The maximum atomic E-state index is 13.9. The lowest BCUT2D eigenvalue weighted by Crippen LogP contribution is -2.24. The molecule has 1 heterocycles. The zero-order valence-electron chi connectivity index (χ0n) is 14.8. The first-order valence-corrected chi connectivity index (χ1v) is 8.43. The van der Waals surface area contributed by atoms with Gasteiger partial charge in [0.15, 0.2) is 0 Å². The average molecular weight is 379 g/mol. The fraction of sp³-hybridized carbons (Fsp3) is 0.0500. The Morgan fingerprint density at radius 2 is 1.75 bits per heavy atom. The zero-order valence-corrected chi connectivity index (χ0v) is 14.8. The normalized spacial score (nSPS) is 10.2. The van der Waals surface area contributed by atoms with Crippen LogP contribution in [-0.4, -0.2) is 16.9 Å². The number of nitrogens with one attached hydrogen (secondary N) is 3. The molecule has 0 spiro atoms. The van der Waals surface area contributed by atoms with Crippen LogP contribution >= 0.6 is 0 Å². The van der Waals surface area contributed by atoms with E-state index in [9.17, 15) is 14.0 Å². The van der Waals surface area contributed by atoms with Gasteiger partial charge >= 0.3 is 6.03 Å². The monoisotopic (exact) mass is 379 g/mol. The van der Waals surface area contributed by atoms with Gasteiger partial charge in [0.05, 0.1) is 11.3 Å². The number of rotatable bonds is 6. The van der Waals surface area contributed by atoms with Crippen molar-refractivity contribution in [2.24, 2.45) is 5.73 Å². The van der Waals surface area contributed by atoms with Crippen molar-refractivity contribution in [3.63, 3.8) is 0 Å². The number of para-hydroxylation sites is 1. The summed E-state index contributed by atoms with van der Waals surface area (Å²) in [6.07, 6.45) is 1.52. The predicted molar refractivity (Wildman–Crippen MR) is 105 cm³/mol. The standard InChI is InChI=1S/C20H18FN5O2/c21-16-5-1-2-6-17(16)26-18-15(4-3-11-23-18)19(27)24-12-13-7-9-14(10-8-13)25-20(22)28/h1-11H,12H2,(H,23,26)(H,24,27)(H3,22,25,28). The van der Waals surface area contributed by atoms with Crippen molar-refractivity contribution >= 4 is 29.1 Å². The molecule has 7 nitrogen and oxygen atoms in total. The van der Waals surface area contributed by atoms with Crippen LogP contribution in [0.1, 0.15) is 15.9 Å². The number of anilines is 3. The lowest BCUT2D eigenvalue weighted by atomic mass is 10.2. The van der Waals surface area contributed by atoms with Crippen LogP contribution in [0.2, 0.25) is 0 Å². The molecule has 3 amide bonds. The van der Waals surface area contributed by atoms with Gasteiger partial charge in [0.2, 0.25) is 0 Å². The Kier molecular flexibility index (Phi) is 5.81. The van der Waals surface area contributed by atoms with E-state index in [1.54, 1.807) is 54.6 Å². The highest BCUT2D eigenvalue weighted by Crippen LogP contribution is 2.21. The molecular weight excluding hydrogens is 361 g/mol. The van der Waals surface area contributed by atoms with Crippen LogP contribution < -0.4 is 21.7 Å². The number of hydrogen-bond donors (Lipinski definition) is 4. The highest BCUT2D eigenvalue weighted by Gasteiger charge is 2.13. The van der Waals surface area contributed by atoms with Gasteiger partial charge < -0.3 is 21.7 Å². The summed E-state index contributed by atoms with van der Waals surface area (Å²) in [5, 5.41) is 8.10. The van der Waals surface area contributed by atoms with Crippen molar-refractivity contribution in [2.45, 2.75) is 6.54 Å². The van der Waals surface area contributed by atoms with Gasteiger partial charge in [-0.3, -0.25) is 4.79 Å². The molecule has 5 N–H and O–H groups in total. The summed E-state index contributed by atoms with van der Waals surface area (Å²) in [6, 6.07) is 15.6. The number of carbonyl (C=O) groups is 2. The van der Waals surface area contributed by atoms with Crippen LogP contribution in [0.15, 0.2) is 66.9 Å². The maximum Gasteiger partial charge on any atom is 0.316 e. The predicted octanol–water partition coefficient (Wildman–Crippen LogP) is 3.38. The smallest absolute Gasteiger partial charge is 0.316 e. The minimum absolute atomic E-state index is 0.229. The molecule has 0 aliphatic rings. The third-order valence-corrected chi connectivity index (χ3v) is 3.85. The van der Waals surface area contributed by atoms with Gasteiger partial charge in [0, 0.05) is 18.4 Å². The molecule has 3 rings (SSSR count). The first kappa shape index (κ1) is 18.8. The highest BCUT2D eigenvalue weighted by molar-refractivity contribution is 5.99. The van der Waals surface area contributed by atoms with E-state index in [-0.39, 0.29) is 29.5 Å². The van der Waals surface area contributed by atoms with Gasteiger partial charge in [-0.15, -0.1) is 0 Å². The minimum atomic E-state index is -0.646. The molecule has 2 aromatic carbocycles. The summed E-state index contributed by atoms with van der Waals surface area (Å²) in [6.45, 7) is 0.268. The molecular formula is C20H18FN5O2. The number of carbonyl (C=O) groups excluding carboxylic acids is 2. The Morgan fingerprint density at radius 3 is 2.46 bits per heavy atom. The van der Waals surface area contributed by atoms with Crippen molar-refractivity contribution in [3.05, 3.63) is 83.8 Å². The summed E-state index contributed by atoms with van der Waals surface area (Å²) in [4.78, 5) is 27.5. The van der Waals surface area contributed by atoms with Gasteiger partial charge in [0.25, 0.3) is 5.91 Å². The van der Waals surface area contributed by atoms with Gasteiger partial charge in [-0.25, -0.2) is 14.2 Å². The molecule has 0 aliphatic carbocycles. The molecule has 8 heteroatoms. The summed E-state index contributed by atoms with van der Waals surface area (Å²) in [7, 11) is 0. The average Bonchev–Trinajstić information content (AvgIpc) is 2.69. The Morgan fingerprint density at radius 1 is 1.00 bits per heavy atom. The van der Waals surface area contributed by atoms with Gasteiger partial charge in [0.1, 0.15) is 11.6 Å². The Balaban J connectivity index is 1.68. The number of hydrogen-bond acceptors (Lipinski definition) is 4. The SMILES string of the molecule is NC(=O)Nc1ccc(CNC(=O)c2cccnc2Nc2ccccc2F)cc1.